The van der Waals surface area contributed by atoms with Crippen molar-refractivity contribution in [2.75, 3.05) is 13.7 Å². The quantitative estimate of drug-likeness (QED) is 0.839. The van der Waals surface area contributed by atoms with Crippen LogP contribution >= 0.6 is 11.6 Å². The largest absolute Gasteiger partial charge is 0.377 e. The molecular weight excluding hydrogens is 354 g/mol. The molecule has 2 heterocycles. The molecule has 1 aliphatic heterocycles. The molecule has 0 saturated carbocycles. The summed E-state index contributed by atoms with van der Waals surface area (Å²) in [5.74, 6) is -1.64. The molecule has 1 aliphatic rings. The number of methoxy groups -OCH3 is 1. The average molecular weight is 371 g/mol. The van der Waals surface area contributed by atoms with Gasteiger partial charge in [-0.15, -0.1) is 0 Å². The normalized spacial score (nSPS) is 17.8. The van der Waals surface area contributed by atoms with Crippen molar-refractivity contribution in [2.45, 2.75) is 31.9 Å². The molecule has 0 radical (unpaired) electrons. The number of benzene rings is 1. The lowest BCUT2D eigenvalue weighted by atomic mass is 10.00. The molecule has 0 aliphatic carbocycles. The van der Waals surface area contributed by atoms with Crippen LogP contribution in [0.3, 0.4) is 0 Å². The number of nitrogens with zero attached hydrogens (tertiary/aromatic N) is 3. The first-order valence-corrected chi connectivity index (χ1v) is 8.24. The van der Waals surface area contributed by atoms with Gasteiger partial charge in [-0.3, -0.25) is 9.89 Å². The molecular formula is C16H17ClF2N4O2. The Balaban J connectivity index is 1.90. The van der Waals surface area contributed by atoms with Gasteiger partial charge in [-0.05, 0) is 31.4 Å². The SMILES string of the molecule is COCc1nc([C@@H]2CCCCN2C(=O)c2cc(F)c(F)cc2Cl)n[nH]1. The van der Waals surface area contributed by atoms with Gasteiger partial charge < -0.3 is 9.64 Å². The number of hydrogen-bond donors (Lipinski definition) is 1. The van der Waals surface area contributed by atoms with Gasteiger partial charge in [-0.1, -0.05) is 11.6 Å². The number of H-pyrrole nitrogens is 1. The molecule has 6 nitrogen and oxygen atoms in total. The summed E-state index contributed by atoms with van der Waals surface area (Å²) < 4.78 is 31.8. The predicted octanol–water partition coefficient (Wildman–Crippen LogP) is 3.25. The van der Waals surface area contributed by atoms with E-state index in [1.54, 1.807) is 12.0 Å². The molecule has 0 bridgehead atoms. The molecule has 1 aromatic carbocycles. The second kappa shape index (κ2) is 7.45. The first-order chi connectivity index (χ1) is 12.0. The number of carbonyl (C=O) groups excluding carboxylic acids is 1. The van der Waals surface area contributed by atoms with Crippen LogP contribution in [0.1, 0.15) is 47.3 Å². The number of carbonyl (C=O) groups is 1. The summed E-state index contributed by atoms with van der Waals surface area (Å²) in [6.45, 7) is 0.746. The average Bonchev–Trinajstić information content (AvgIpc) is 3.06. The van der Waals surface area contributed by atoms with Crippen LogP contribution in [0.15, 0.2) is 12.1 Å². The number of piperidine rings is 1. The van der Waals surface area contributed by atoms with Crippen LogP contribution in [0.4, 0.5) is 8.78 Å². The van der Waals surface area contributed by atoms with Crippen molar-refractivity contribution in [2.24, 2.45) is 0 Å². The number of amides is 1. The van der Waals surface area contributed by atoms with Gasteiger partial charge in [0, 0.05) is 13.7 Å². The maximum atomic E-state index is 13.5. The zero-order chi connectivity index (χ0) is 18.0. The van der Waals surface area contributed by atoms with Gasteiger partial charge in [0.05, 0.1) is 16.6 Å². The van der Waals surface area contributed by atoms with E-state index in [0.29, 0.717) is 24.6 Å². The molecule has 25 heavy (non-hydrogen) atoms. The third-order valence-electron chi connectivity index (χ3n) is 4.13. The maximum absolute atomic E-state index is 13.5. The first kappa shape index (κ1) is 17.8. The van der Waals surface area contributed by atoms with E-state index >= 15 is 0 Å². The summed E-state index contributed by atoms with van der Waals surface area (Å²) in [6.07, 6.45) is 2.39. The van der Waals surface area contributed by atoms with Crippen LogP contribution < -0.4 is 0 Å². The molecule has 9 heteroatoms. The predicted molar refractivity (Wildman–Crippen MR) is 86.1 cm³/mol. The third kappa shape index (κ3) is 3.64. The van der Waals surface area contributed by atoms with Crippen molar-refractivity contribution in [3.63, 3.8) is 0 Å². The third-order valence-corrected chi connectivity index (χ3v) is 4.44. The summed E-state index contributed by atoms with van der Waals surface area (Å²) in [6, 6.07) is 1.29. The second-order valence-electron chi connectivity index (χ2n) is 5.83. The number of ether oxygens (including phenoxy) is 1. The lowest BCUT2D eigenvalue weighted by Crippen LogP contribution is -2.39. The summed E-state index contributed by atoms with van der Waals surface area (Å²) >= 11 is 5.95. The summed E-state index contributed by atoms with van der Waals surface area (Å²) in [4.78, 5) is 18.8. The number of halogens is 3. The summed E-state index contributed by atoms with van der Waals surface area (Å²) in [5.41, 5.74) is -0.0693. The fourth-order valence-electron chi connectivity index (χ4n) is 2.94. The zero-order valence-electron chi connectivity index (χ0n) is 13.6. The van der Waals surface area contributed by atoms with E-state index in [2.05, 4.69) is 15.2 Å². The van der Waals surface area contributed by atoms with Crippen LogP contribution in [0.5, 0.6) is 0 Å². The van der Waals surface area contributed by atoms with E-state index in [-0.39, 0.29) is 23.2 Å². The lowest BCUT2D eigenvalue weighted by molar-refractivity contribution is 0.0599. The Bertz CT molecular complexity index is 783. The van der Waals surface area contributed by atoms with Crippen LogP contribution in [0, 0.1) is 11.6 Å². The van der Waals surface area contributed by atoms with Crippen molar-refractivity contribution in [1.82, 2.24) is 20.1 Å². The minimum atomic E-state index is -1.11. The zero-order valence-corrected chi connectivity index (χ0v) is 14.3. The van der Waals surface area contributed by atoms with Gasteiger partial charge in [0.2, 0.25) is 0 Å². The number of aromatic nitrogens is 3. The minimum Gasteiger partial charge on any atom is -0.377 e. The van der Waals surface area contributed by atoms with Gasteiger partial charge in [0.25, 0.3) is 5.91 Å². The molecule has 1 aromatic heterocycles. The Morgan fingerprint density at radius 2 is 2.16 bits per heavy atom. The van der Waals surface area contributed by atoms with E-state index in [4.69, 9.17) is 16.3 Å². The fourth-order valence-corrected chi connectivity index (χ4v) is 3.18. The molecule has 2 aromatic rings. The van der Waals surface area contributed by atoms with E-state index in [1.165, 1.54) is 0 Å². The van der Waals surface area contributed by atoms with Crippen LogP contribution in [-0.2, 0) is 11.3 Å². The summed E-state index contributed by atoms with van der Waals surface area (Å²) in [5, 5.41) is 6.81. The second-order valence-corrected chi connectivity index (χ2v) is 6.24. The molecule has 3 rings (SSSR count). The highest BCUT2D eigenvalue weighted by Crippen LogP contribution is 2.32. The molecule has 1 fully saturated rings. The number of nitrogens with one attached hydrogen (secondary N) is 1. The van der Waals surface area contributed by atoms with Crippen LogP contribution in [0.25, 0.3) is 0 Å². The van der Waals surface area contributed by atoms with Gasteiger partial charge in [0.15, 0.2) is 23.3 Å². The Labute approximate surface area is 148 Å². The molecule has 134 valence electrons. The van der Waals surface area contributed by atoms with Crippen molar-refractivity contribution < 1.29 is 18.3 Å². The maximum Gasteiger partial charge on any atom is 0.256 e. The highest BCUT2D eigenvalue weighted by Gasteiger charge is 2.32. The number of aromatic amines is 1. The van der Waals surface area contributed by atoms with Crippen molar-refractivity contribution in [3.05, 3.63) is 46.0 Å². The topological polar surface area (TPSA) is 71.1 Å². The lowest BCUT2D eigenvalue weighted by Gasteiger charge is -2.34. The molecule has 1 N–H and O–H groups in total. The number of likely N-dealkylation sites (tertiary alicyclic amines) is 1. The van der Waals surface area contributed by atoms with Gasteiger partial charge in [-0.25, -0.2) is 13.8 Å². The van der Waals surface area contributed by atoms with Crippen molar-refractivity contribution in [1.29, 1.82) is 0 Å². The van der Waals surface area contributed by atoms with Crippen LogP contribution in [-0.4, -0.2) is 39.6 Å². The standard InChI is InChI=1S/C16H17ClF2N4O2/c1-25-8-14-20-15(22-21-14)13-4-2-3-5-23(13)16(24)9-6-11(18)12(19)7-10(9)17/h6-7,13H,2-5,8H2,1H3,(H,20,21,22)/t13-/m0/s1. The molecule has 0 unspecified atom stereocenters. The van der Waals surface area contributed by atoms with E-state index in [9.17, 15) is 13.6 Å². The minimum absolute atomic E-state index is 0.0693. The summed E-state index contributed by atoms with van der Waals surface area (Å²) in [7, 11) is 1.55. The van der Waals surface area contributed by atoms with Crippen LogP contribution in [0.2, 0.25) is 5.02 Å². The molecule has 1 atom stereocenters. The van der Waals surface area contributed by atoms with Crippen molar-refractivity contribution in [3.8, 4) is 0 Å². The fraction of sp³-hybridized carbons (Fsp3) is 0.438. The van der Waals surface area contributed by atoms with Gasteiger partial charge in [-0.2, -0.15) is 5.10 Å². The Morgan fingerprint density at radius 3 is 2.92 bits per heavy atom. The number of hydrogen-bond acceptors (Lipinski definition) is 4. The Morgan fingerprint density at radius 1 is 1.40 bits per heavy atom. The van der Waals surface area contributed by atoms with Gasteiger partial charge in [0.1, 0.15) is 6.61 Å². The van der Waals surface area contributed by atoms with E-state index in [0.717, 1.165) is 25.0 Å². The van der Waals surface area contributed by atoms with E-state index < -0.39 is 17.5 Å². The Hall–Kier alpha value is -2.06. The Kier molecular flexibility index (Phi) is 5.29. The monoisotopic (exact) mass is 370 g/mol. The highest BCUT2D eigenvalue weighted by molar-refractivity contribution is 6.33. The van der Waals surface area contributed by atoms with E-state index in [1.807, 2.05) is 0 Å². The smallest absolute Gasteiger partial charge is 0.256 e. The van der Waals surface area contributed by atoms with Crippen molar-refractivity contribution >= 4 is 17.5 Å². The first-order valence-electron chi connectivity index (χ1n) is 7.87. The van der Waals surface area contributed by atoms with Gasteiger partial charge >= 0.3 is 0 Å². The highest BCUT2D eigenvalue weighted by atomic mass is 35.5. The number of rotatable bonds is 4. The molecule has 1 amide bonds. The molecule has 0 spiro atoms. The molecule has 1 saturated heterocycles.